The number of rotatable bonds is 11. The molecule has 0 aliphatic heterocycles. The molecule has 0 saturated heterocycles. The van der Waals surface area contributed by atoms with E-state index in [1.54, 1.807) is 22.8 Å². The minimum atomic E-state index is -5.11. The van der Waals surface area contributed by atoms with Crippen LogP contribution in [-0.4, -0.2) is 76.1 Å². The highest BCUT2D eigenvalue weighted by molar-refractivity contribution is 5.75. The van der Waals surface area contributed by atoms with Gasteiger partial charge < -0.3 is 24.1 Å². The molecule has 9 nitrogen and oxygen atoms in total. The Morgan fingerprint density at radius 2 is 1.80 bits per heavy atom. The molecular weight excluding hydrogens is 553 g/mol. The maximum atomic E-state index is 14.4. The summed E-state index contributed by atoms with van der Waals surface area (Å²) in [5.74, 6) is 0.127. The maximum Gasteiger partial charge on any atom is 0.414 e. The Hall–Kier alpha value is -3.85. The number of pyridine rings is 1. The first-order valence-electron chi connectivity index (χ1n) is 11.9. The van der Waals surface area contributed by atoms with Crippen LogP contribution in [0.1, 0.15) is 37.2 Å². The summed E-state index contributed by atoms with van der Waals surface area (Å²) >= 11 is 0. The maximum absolute atomic E-state index is 14.4. The molecule has 3 aromatic heterocycles. The van der Waals surface area contributed by atoms with Crippen molar-refractivity contribution < 1.29 is 45.0 Å². The number of nitrogens with one attached hydrogen (secondary N) is 1. The number of carbonyl (C=O) groups is 1. The number of amides is 2. The molecule has 0 bridgehead atoms. The van der Waals surface area contributed by atoms with Gasteiger partial charge in [-0.3, -0.25) is 4.98 Å². The van der Waals surface area contributed by atoms with Crippen molar-refractivity contribution in [3.8, 4) is 22.9 Å². The lowest BCUT2D eigenvalue weighted by molar-refractivity contribution is -0.179. The topological polar surface area (TPSA) is 93.9 Å². The van der Waals surface area contributed by atoms with Crippen molar-refractivity contribution in [2.24, 2.45) is 0 Å². The standard InChI is InChI=1S/C24H27F7N6O3/c1-5-37(23(38)35-14(20(27)28)6-7-18(25)26)19(24(29,30)31)15-8-13(17(39-3)9-32-15)16-11-36-10-12(2)33-21(36)22(34-16)40-4/h8-11,14,18-20H,5-7H2,1-4H3,(H,35,38). The van der Waals surface area contributed by atoms with Gasteiger partial charge in [-0.05, 0) is 26.3 Å². The minimum Gasteiger partial charge on any atom is -0.494 e. The molecule has 2 atom stereocenters. The lowest BCUT2D eigenvalue weighted by Crippen LogP contribution is -2.51. The molecule has 0 radical (unpaired) electrons. The zero-order valence-electron chi connectivity index (χ0n) is 21.8. The molecule has 0 aliphatic carbocycles. The van der Waals surface area contributed by atoms with Gasteiger partial charge in [-0.15, -0.1) is 0 Å². The third-order valence-electron chi connectivity index (χ3n) is 5.92. The number of nitrogens with zero attached hydrogens (tertiary/aromatic N) is 5. The van der Waals surface area contributed by atoms with Crippen LogP contribution in [0.4, 0.5) is 35.5 Å². The van der Waals surface area contributed by atoms with Gasteiger partial charge in [0.05, 0.1) is 43.5 Å². The summed E-state index contributed by atoms with van der Waals surface area (Å²) in [6.45, 7) is 2.36. The number of aromatic nitrogens is 4. The monoisotopic (exact) mass is 580 g/mol. The molecule has 16 heteroatoms. The molecule has 0 fully saturated rings. The van der Waals surface area contributed by atoms with E-state index in [0.29, 0.717) is 11.3 Å². The number of urea groups is 1. The molecule has 40 heavy (non-hydrogen) atoms. The van der Waals surface area contributed by atoms with Crippen LogP contribution in [0.3, 0.4) is 0 Å². The van der Waals surface area contributed by atoms with Crippen LogP contribution in [-0.2, 0) is 0 Å². The van der Waals surface area contributed by atoms with E-state index in [9.17, 15) is 35.5 Å². The molecule has 220 valence electrons. The molecule has 3 heterocycles. The second kappa shape index (κ2) is 12.6. The number of imidazole rings is 1. The highest BCUT2D eigenvalue weighted by atomic mass is 19.4. The number of ether oxygens (including phenoxy) is 2. The molecule has 1 N–H and O–H groups in total. The number of halogens is 7. The summed E-state index contributed by atoms with van der Waals surface area (Å²) in [4.78, 5) is 25.5. The third-order valence-corrected chi connectivity index (χ3v) is 5.92. The Kier molecular flexibility index (Phi) is 9.63. The molecule has 0 aromatic carbocycles. The normalized spacial score (nSPS) is 13.5. The molecule has 2 unspecified atom stereocenters. The van der Waals surface area contributed by atoms with Crippen molar-refractivity contribution in [2.75, 3.05) is 20.8 Å². The summed E-state index contributed by atoms with van der Waals surface area (Å²) < 4.78 is 107. The van der Waals surface area contributed by atoms with Gasteiger partial charge in [-0.25, -0.2) is 32.3 Å². The van der Waals surface area contributed by atoms with Gasteiger partial charge in [0.1, 0.15) is 5.75 Å². The molecule has 0 spiro atoms. The van der Waals surface area contributed by atoms with Crippen molar-refractivity contribution in [2.45, 2.75) is 57.8 Å². The van der Waals surface area contributed by atoms with E-state index >= 15 is 0 Å². The van der Waals surface area contributed by atoms with Gasteiger partial charge in [0.15, 0.2) is 6.04 Å². The van der Waals surface area contributed by atoms with Gasteiger partial charge in [-0.2, -0.15) is 13.2 Å². The molecule has 0 saturated carbocycles. The fourth-order valence-corrected chi connectivity index (χ4v) is 4.09. The van der Waals surface area contributed by atoms with Crippen LogP contribution in [0, 0.1) is 6.92 Å². The fraction of sp³-hybridized carbons (Fsp3) is 0.500. The first kappa shape index (κ1) is 30.7. The predicted molar refractivity (Wildman–Crippen MR) is 129 cm³/mol. The predicted octanol–water partition coefficient (Wildman–Crippen LogP) is 5.43. The van der Waals surface area contributed by atoms with Crippen molar-refractivity contribution in [1.29, 1.82) is 0 Å². The Morgan fingerprint density at radius 3 is 2.35 bits per heavy atom. The first-order chi connectivity index (χ1) is 18.8. The Bertz CT molecular complexity index is 1320. The number of alkyl halides is 7. The number of hydrogen-bond acceptors (Lipinski definition) is 6. The van der Waals surface area contributed by atoms with E-state index < -0.39 is 62.2 Å². The second-order valence-corrected chi connectivity index (χ2v) is 8.65. The quantitative estimate of drug-likeness (QED) is 0.304. The molecule has 3 rings (SSSR count). The van der Waals surface area contributed by atoms with Gasteiger partial charge in [0.25, 0.3) is 12.3 Å². The van der Waals surface area contributed by atoms with Crippen LogP contribution in [0.15, 0.2) is 24.7 Å². The number of aryl methyl sites for hydroxylation is 1. The smallest absolute Gasteiger partial charge is 0.414 e. The average Bonchev–Trinajstić information content (AvgIpc) is 3.27. The van der Waals surface area contributed by atoms with E-state index in [1.165, 1.54) is 27.3 Å². The molecular formula is C24H27F7N6O3. The van der Waals surface area contributed by atoms with Gasteiger partial charge in [0.2, 0.25) is 12.1 Å². The first-order valence-corrected chi connectivity index (χ1v) is 11.9. The zero-order valence-corrected chi connectivity index (χ0v) is 21.8. The SMILES string of the molecule is CCN(C(=O)NC(CCC(F)F)C(F)F)C(c1cc(-c2cn3cc(C)nc3c(OC)n2)c(OC)cn1)C(F)(F)F. The van der Waals surface area contributed by atoms with Crippen LogP contribution < -0.4 is 14.8 Å². The van der Waals surface area contributed by atoms with E-state index in [0.717, 1.165) is 12.3 Å². The minimum absolute atomic E-state index is 0.0488. The lowest BCUT2D eigenvalue weighted by atomic mass is 10.1. The van der Waals surface area contributed by atoms with Crippen LogP contribution in [0.2, 0.25) is 0 Å². The zero-order chi connectivity index (χ0) is 29.8. The highest BCUT2D eigenvalue weighted by Crippen LogP contribution is 2.40. The number of carbonyl (C=O) groups excluding carboxylic acids is 1. The van der Waals surface area contributed by atoms with Gasteiger partial charge in [0, 0.05) is 30.9 Å². The summed E-state index contributed by atoms with van der Waals surface area (Å²) in [7, 11) is 2.62. The van der Waals surface area contributed by atoms with Crippen molar-refractivity contribution in [3.05, 3.63) is 36.0 Å². The second-order valence-electron chi connectivity index (χ2n) is 8.65. The van der Waals surface area contributed by atoms with Crippen molar-refractivity contribution >= 4 is 11.7 Å². The highest BCUT2D eigenvalue weighted by Gasteiger charge is 2.48. The number of hydrogen-bond donors (Lipinski definition) is 1. The summed E-state index contributed by atoms with van der Waals surface area (Å²) in [5.41, 5.74) is 0.508. The van der Waals surface area contributed by atoms with Gasteiger partial charge >= 0.3 is 12.2 Å². The molecule has 0 aliphatic rings. The Morgan fingerprint density at radius 1 is 1.10 bits per heavy atom. The summed E-state index contributed by atoms with van der Waals surface area (Å²) in [5, 5.41) is 1.76. The Labute approximate surface area is 224 Å². The largest absolute Gasteiger partial charge is 0.494 e. The lowest BCUT2D eigenvalue weighted by Gasteiger charge is -2.33. The van der Waals surface area contributed by atoms with Crippen molar-refractivity contribution in [3.63, 3.8) is 0 Å². The summed E-state index contributed by atoms with van der Waals surface area (Å²) in [6.07, 6.45) is -8.96. The van der Waals surface area contributed by atoms with E-state index in [-0.39, 0.29) is 27.8 Å². The van der Waals surface area contributed by atoms with Crippen LogP contribution >= 0.6 is 0 Å². The average molecular weight is 581 g/mol. The molecule has 2 amide bonds. The summed E-state index contributed by atoms with van der Waals surface area (Å²) in [6, 6.07) is -5.26. The Balaban J connectivity index is 2.08. The van der Waals surface area contributed by atoms with Crippen LogP contribution in [0.25, 0.3) is 16.9 Å². The van der Waals surface area contributed by atoms with Crippen molar-refractivity contribution in [1.82, 2.24) is 29.6 Å². The fourth-order valence-electron chi connectivity index (χ4n) is 4.09. The molecule has 3 aromatic rings. The number of methoxy groups -OCH3 is 2. The van der Waals surface area contributed by atoms with E-state index in [2.05, 4.69) is 15.0 Å². The van der Waals surface area contributed by atoms with Gasteiger partial charge in [-0.1, -0.05) is 0 Å². The van der Waals surface area contributed by atoms with Crippen LogP contribution in [0.5, 0.6) is 11.6 Å². The van der Waals surface area contributed by atoms with E-state index in [1.807, 2.05) is 0 Å². The van der Waals surface area contributed by atoms with E-state index in [4.69, 9.17) is 9.47 Å². The third kappa shape index (κ3) is 6.83. The number of fused-ring (bicyclic) bond motifs is 1.